The lowest BCUT2D eigenvalue weighted by Crippen LogP contribution is -2.43. The molecule has 1 atom stereocenters. The molecule has 2 rings (SSSR count). The summed E-state index contributed by atoms with van der Waals surface area (Å²) < 4.78 is 0. The Kier molecular flexibility index (Phi) is 3.83. The average molecular weight is 237 g/mol. The van der Waals surface area contributed by atoms with Crippen molar-refractivity contribution in [3.05, 3.63) is 22.4 Å². The van der Waals surface area contributed by atoms with Crippen LogP contribution in [0.15, 0.2) is 21.8 Å². The van der Waals surface area contributed by atoms with Gasteiger partial charge in [-0.3, -0.25) is 0 Å². The van der Waals surface area contributed by atoms with Gasteiger partial charge in [0.15, 0.2) is 5.96 Å². The van der Waals surface area contributed by atoms with E-state index in [4.69, 9.17) is 5.73 Å². The first-order chi connectivity index (χ1) is 7.75. The molecule has 1 unspecified atom stereocenters. The van der Waals surface area contributed by atoms with Crippen LogP contribution < -0.4 is 5.73 Å². The Bertz CT molecular complexity index is 345. The molecule has 0 spiro atoms. The zero-order valence-electron chi connectivity index (χ0n) is 9.72. The molecule has 16 heavy (non-hydrogen) atoms. The maximum atomic E-state index is 6.01. The predicted octanol–water partition coefficient (Wildman–Crippen LogP) is 2.29. The first-order valence-corrected chi connectivity index (χ1v) is 6.76. The summed E-state index contributed by atoms with van der Waals surface area (Å²) in [6.45, 7) is 5.10. The van der Waals surface area contributed by atoms with E-state index in [2.05, 4.69) is 33.6 Å². The van der Waals surface area contributed by atoms with E-state index in [9.17, 15) is 0 Å². The quantitative estimate of drug-likeness (QED) is 0.633. The largest absolute Gasteiger partial charge is 0.370 e. The second kappa shape index (κ2) is 5.34. The summed E-state index contributed by atoms with van der Waals surface area (Å²) >= 11 is 1.70. The number of guanidine groups is 1. The molecule has 0 saturated carbocycles. The Morgan fingerprint density at radius 3 is 3.25 bits per heavy atom. The lowest BCUT2D eigenvalue weighted by atomic mass is 10.0. The average Bonchev–Trinajstić information content (AvgIpc) is 2.78. The maximum Gasteiger partial charge on any atom is 0.191 e. The molecule has 1 aliphatic heterocycles. The maximum absolute atomic E-state index is 6.01. The minimum Gasteiger partial charge on any atom is -0.370 e. The van der Waals surface area contributed by atoms with Crippen LogP contribution in [-0.2, 0) is 6.54 Å². The lowest BCUT2D eigenvalue weighted by Gasteiger charge is -2.31. The van der Waals surface area contributed by atoms with Gasteiger partial charge in [-0.15, -0.1) is 0 Å². The van der Waals surface area contributed by atoms with E-state index in [1.165, 1.54) is 18.4 Å². The van der Waals surface area contributed by atoms with E-state index in [1.54, 1.807) is 11.3 Å². The van der Waals surface area contributed by atoms with Crippen LogP contribution in [0.5, 0.6) is 0 Å². The van der Waals surface area contributed by atoms with E-state index >= 15 is 0 Å². The zero-order valence-corrected chi connectivity index (χ0v) is 10.5. The summed E-state index contributed by atoms with van der Waals surface area (Å²) in [5.41, 5.74) is 7.25. The van der Waals surface area contributed by atoms with E-state index in [-0.39, 0.29) is 0 Å². The fourth-order valence-electron chi connectivity index (χ4n) is 2.05. The number of likely N-dealkylation sites (tertiary alicyclic amines) is 1. The van der Waals surface area contributed by atoms with Gasteiger partial charge < -0.3 is 10.6 Å². The summed E-state index contributed by atoms with van der Waals surface area (Å²) in [6, 6.07) is 2.10. The van der Waals surface area contributed by atoms with Crippen LogP contribution in [0.25, 0.3) is 0 Å². The minimum absolute atomic E-state index is 0.706. The Labute approximate surface area is 101 Å². The van der Waals surface area contributed by atoms with Crippen molar-refractivity contribution in [2.45, 2.75) is 26.3 Å². The molecule has 4 heteroatoms. The number of thiophene rings is 1. The number of piperidine rings is 1. The number of hydrogen-bond donors (Lipinski definition) is 1. The van der Waals surface area contributed by atoms with Crippen molar-refractivity contribution in [2.75, 3.05) is 13.1 Å². The van der Waals surface area contributed by atoms with Crippen LogP contribution in [0.1, 0.15) is 25.3 Å². The fourth-order valence-corrected chi connectivity index (χ4v) is 2.71. The van der Waals surface area contributed by atoms with Gasteiger partial charge in [0.2, 0.25) is 0 Å². The standard InChI is InChI=1S/C12H19N3S/c1-10-3-2-5-15(8-10)12(13)14-7-11-4-6-16-9-11/h4,6,9-10H,2-3,5,7-8H2,1H3,(H2,13,14). The molecule has 0 radical (unpaired) electrons. The Morgan fingerprint density at radius 2 is 2.56 bits per heavy atom. The zero-order chi connectivity index (χ0) is 11.4. The highest BCUT2D eigenvalue weighted by Crippen LogP contribution is 2.15. The van der Waals surface area contributed by atoms with Crippen molar-refractivity contribution in [1.82, 2.24) is 4.90 Å². The highest BCUT2D eigenvalue weighted by molar-refractivity contribution is 7.07. The molecular formula is C12H19N3S. The molecule has 1 fully saturated rings. The van der Waals surface area contributed by atoms with Gasteiger partial charge in [-0.2, -0.15) is 11.3 Å². The van der Waals surface area contributed by atoms with E-state index in [0.717, 1.165) is 19.0 Å². The molecule has 88 valence electrons. The highest BCUT2D eigenvalue weighted by atomic mass is 32.1. The molecule has 2 N–H and O–H groups in total. The Morgan fingerprint density at radius 1 is 1.69 bits per heavy atom. The smallest absolute Gasteiger partial charge is 0.191 e. The van der Waals surface area contributed by atoms with Crippen LogP contribution in [-0.4, -0.2) is 23.9 Å². The van der Waals surface area contributed by atoms with Crippen LogP contribution in [0.3, 0.4) is 0 Å². The van der Waals surface area contributed by atoms with Gasteiger partial charge >= 0.3 is 0 Å². The van der Waals surface area contributed by atoms with Crippen LogP contribution in [0, 0.1) is 5.92 Å². The molecule has 0 aromatic carbocycles. The Hall–Kier alpha value is -1.03. The third kappa shape index (κ3) is 2.98. The number of aliphatic imine (C=N–C) groups is 1. The number of rotatable bonds is 2. The first kappa shape index (κ1) is 11.5. The van der Waals surface area contributed by atoms with Crippen LogP contribution in [0.2, 0.25) is 0 Å². The molecule has 0 amide bonds. The summed E-state index contributed by atoms with van der Waals surface area (Å²) in [5, 5.41) is 4.19. The van der Waals surface area contributed by atoms with Crippen molar-refractivity contribution in [2.24, 2.45) is 16.6 Å². The normalized spacial score (nSPS) is 22.4. The van der Waals surface area contributed by atoms with Crippen molar-refractivity contribution < 1.29 is 0 Å². The second-order valence-corrected chi connectivity index (χ2v) is 5.28. The predicted molar refractivity (Wildman–Crippen MR) is 69.6 cm³/mol. The lowest BCUT2D eigenvalue weighted by molar-refractivity contribution is 0.270. The summed E-state index contributed by atoms with van der Waals surface area (Å²) in [6.07, 6.45) is 2.55. The molecule has 1 aromatic rings. The Balaban J connectivity index is 1.90. The molecule has 1 saturated heterocycles. The van der Waals surface area contributed by atoms with Crippen LogP contribution in [0.4, 0.5) is 0 Å². The molecule has 2 heterocycles. The molecule has 1 aliphatic rings. The number of nitrogens with zero attached hydrogens (tertiary/aromatic N) is 2. The third-order valence-electron chi connectivity index (χ3n) is 2.98. The third-order valence-corrected chi connectivity index (χ3v) is 3.72. The number of nitrogens with two attached hydrogens (primary N) is 1. The van der Waals surface area contributed by atoms with Gasteiger partial charge in [-0.1, -0.05) is 6.92 Å². The van der Waals surface area contributed by atoms with Gasteiger partial charge in [0.25, 0.3) is 0 Å². The van der Waals surface area contributed by atoms with Gasteiger partial charge in [0.05, 0.1) is 6.54 Å². The molecule has 3 nitrogen and oxygen atoms in total. The van der Waals surface area contributed by atoms with E-state index in [1.807, 2.05) is 0 Å². The van der Waals surface area contributed by atoms with Gasteiger partial charge in [-0.05, 0) is 41.1 Å². The first-order valence-electron chi connectivity index (χ1n) is 5.81. The van der Waals surface area contributed by atoms with Gasteiger partial charge in [0, 0.05) is 13.1 Å². The monoisotopic (exact) mass is 237 g/mol. The summed E-state index contributed by atoms with van der Waals surface area (Å²) in [7, 11) is 0. The van der Waals surface area contributed by atoms with Crippen molar-refractivity contribution in [1.29, 1.82) is 0 Å². The number of hydrogen-bond acceptors (Lipinski definition) is 2. The SMILES string of the molecule is CC1CCCN(C(N)=NCc2ccsc2)C1. The summed E-state index contributed by atoms with van der Waals surface area (Å²) in [4.78, 5) is 6.66. The molecular weight excluding hydrogens is 218 g/mol. The molecule has 1 aromatic heterocycles. The van der Waals surface area contributed by atoms with Crippen molar-refractivity contribution in [3.63, 3.8) is 0 Å². The van der Waals surface area contributed by atoms with Crippen LogP contribution >= 0.6 is 11.3 Å². The highest BCUT2D eigenvalue weighted by Gasteiger charge is 2.17. The molecule has 0 aliphatic carbocycles. The van der Waals surface area contributed by atoms with E-state index in [0.29, 0.717) is 12.5 Å². The van der Waals surface area contributed by atoms with Crippen molar-refractivity contribution in [3.8, 4) is 0 Å². The fraction of sp³-hybridized carbons (Fsp3) is 0.583. The summed E-state index contributed by atoms with van der Waals surface area (Å²) in [5.74, 6) is 1.45. The second-order valence-electron chi connectivity index (χ2n) is 4.50. The topological polar surface area (TPSA) is 41.6 Å². The van der Waals surface area contributed by atoms with E-state index < -0.39 is 0 Å². The minimum atomic E-state index is 0.706. The van der Waals surface area contributed by atoms with Gasteiger partial charge in [-0.25, -0.2) is 4.99 Å². The van der Waals surface area contributed by atoms with Gasteiger partial charge in [0.1, 0.15) is 0 Å². The molecule has 0 bridgehead atoms. The van der Waals surface area contributed by atoms with Crippen molar-refractivity contribution >= 4 is 17.3 Å².